The molecule has 3 heteroatoms. The zero-order chi connectivity index (χ0) is 11.2. The molecule has 0 aromatic carbocycles. The van der Waals surface area contributed by atoms with Crippen molar-refractivity contribution >= 4 is 0 Å². The van der Waals surface area contributed by atoms with E-state index in [1.54, 1.807) is 0 Å². The molecule has 2 aliphatic heterocycles. The van der Waals surface area contributed by atoms with Gasteiger partial charge in [0.1, 0.15) is 0 Å². The molecular formula is C13H26N2O. The highest BCUT2D eigenvalue weighted by molar-refractivity contribution is 4.76. The van der Waals surface area contributed by atoms with E-state index in [-0.39, 0.29) is 0 Å². The molecule has 2 unspecified atom stereocenters. The fourth-order valence-electron chi connectivity index (χ4n) is 3.00. The Morgan fingerprint density at radius 1 is 1.25 bits per heavy atom. The lowest BCUT2D eigenvalue weighted by Gasteiger charge is -2.17. The number of likely N-dealkylation sites (tertiary alicyclic amines) is 1. The Bertz CT molecular complexity index is 192. The fraction of sp³-hybridized carbons (Fsp3) is 1.00. The van der Waals surface area contributed by atoms with E-state index >= 15 is 0 Å². The average molecular weight is 226 g/mol. The molecule has 0 saturated carbocycles. The van der Waals surface area contributed by atoms with Crippen molar-refractivity contribution in [2.45, 2.75) is 44.6 Å². The highest BCUT2D eigenvalue weighted by Gasteiger charge is 2.22. The molecule has 2 saturated heterocycles. The van der Waals surface area contributed by atoms with Crippen LogP contribution in [0.2, 0.25) is 0 Å². The summed E-state index contributed by atoms with van der Waals surface area (Å²) >= 11 is 0. The zero-order valence-corrected chi connectivity index (χ0v) is 10.4. The summed E-state index contributed by atoms with van der Waals surface area (Å²) in [5.41, 5.74) is 5.60. The molecule has 0 aliphatic carbocycles. The molecule has 2 heterocycles. The predicted octanol–water partition coefficient (Wildman–Crippen LogP) is 1.62. The lowest BCUT2D eigenvalue weighted by Crippen LogP contribution is -2.23. The molecule has 16 heavy (non-hydrogen) atoms. The number of hydrogen-bond acceptors (Lipinski definition) is 3. The Balaban J connectivity index is 1.53. The second-order valence-corrected chi connectivity index (χ2v) is 5.31. The standard InChI is InChI=1S/C13H26N2O/c14-7-5-12-6-9-15(11-12)8-1-3-13-4-2-10-16-13/h12-13H,1-11,14H2. The van der Waals surface area contributed by atoms with Gasteiger partial charge in [0.05, 0.1) is 6.10 Å². The molecule has 94 valence electrons. The number of ether oxygens (including phenoxy) is 1. The highest BCUT2D eigenvalue weighted by atomic mass is 16.5. The molecule has 0 bridgehead atoms. The summed E-state index contributed by atoms with van der Waals surface area (Å²) in [6.45, 7) is 5.68. The van der Waals surface area contributed by atoms with Gasteiger partial charge in [0.25, 0.3) is 0 Å². The van der Waals surface area contributed by atoms with E-state index in [0.717, 1.165) is 19.1 Å². The lowest BCUT2D eigenvalue weighted by atomic mass is 10.1. The van der Waals surface area contributed by atoms with Gasteiger partial charge in [0.2, 0.25) is 0 Å². The molecule has 0 aromatic heterocycles. The number of rotatable bonds is 6. The van der Waals surface area contributed by atoms with Crippen LogP contribution >= 0.6 is 0 Å². The maximum Gasteiger partial charge on any atom is 0.0576 e. The minimum atomic E-state index is 0.572. The normalized spacial score (nSPS) is 31.3. The van der Waals surface area contributed by atoms with Gasteiger partial charge in [-0.1, -0.05) is 0 Å². The van der Waals surface area contributed by atoms with Crippen molar-refractivity contribution in [1.82, 2.24) is 4.90 Å². The van der Waals surface area contributed by atoms with Crippen LogP contribution in [0.1, 0.15) is 38.5 Å². The number of nitrogens with zero attached hydrogens (tertiary/aromatic N) is 1. The first kappa shape index (κ1) is 12.3. The second kappa shape index (κ2) is 6.58. The number of nitrogens with two attached hydrogens (primary N) is 1. The van der Waals surface area contributed by atoms with Crippen LogP contribution in [0.15, 0.2) is 0 Å². The molecule has 2 atom stereocenters. The summed E-state index contributed by atoms with van der Waals surface area (Å²) in [5, 5.41) is 0. The van der Waals surface area contributed by atoms with Crippen LogP contribution in [0, 0.1) is 5.92 Å². The van der Waals surface area contributed by atoms with E-state index in [9.17, 15) is 0 Å². The largest absolute Gasteiger partial charge is 0.378 e. The summed E-state index contributed by atoms with van der Waals surface area (Å²) in [6.07, 6.45) is 8.27. The van der Waals surface area contributed by atoms with Gasteiger partial charge in [-0.2, -0.15) is 0 Å². The van der Waals surface area contributed by atoms with E-state index in [0.29, 0.717) is 6.10 Å². The van der Waals surface area contributed by atoms with E-state index in [1.807, 2.05) is 0 Å². The third-order valence-corrected chi connectivity index (χ3v) is 3.97. The van der Waals surface area contributed by atoms with Crippen LogP contribution in [-0.2, 0) is 4.74 Å². The third-order valence-electron chi connectivity index (χ3n) is 3.97. The second-order valence-electron chi connectivity index (χ2n) is 5.31. The van der Waals surface area contributed by atoms with Crippen molar-refractivity contribution in [3.05, 3.63) is 0 Å². The first-order valence-corrected chi connectivity index (χ1v) is 6.92. The van der Waals surface area contributed by atoms with Gasteiger partial charge >= 0.3 is 0 Å². The van der Waals surface area contributed by atoms with Crippen molar-refractivity contribution in [1.29, 1.82) is 0 Å². The average Bonchev–Trinajstić information content (AvgIpc) is 2.90. The molecule has 0 amide bonds. The molecule has 0 spiro atoms. The molecule has 2 aliphatic rings. The maximum absolute atomic E-state index is 5.64. The SMILES string of the molecule is NCCC1CCN(CCCC2CCCO2)C1. The number of hydrogen-bond donors (Lipinski definition) is 1. The van der Waals surface area contributed by atoms with Gasteiger partial charge in [-0.15, -0.1) is 0 Å². The van der Waals surface area contributed by atoms with Gasteiger partial charge in [0, 0.05) is 13.2 Å². The Labute approximate surface area is 99.3 Å². The van der Waals surface area contributed by atoms with E-state index in [1.165, 1.54) is 58.2 Å². The quantitative estimate of drug-likeness (QED) is 0.748. The van der Waals surface area contributed by atoms with Crippen LogP contribution < -0.4 is 5.73 Å². The van der Waals surface area contributed by atoms with E-state index in [4.69, 9.17) is 10.5 Å². The summed E-state index contributed by atoms with van der Waals surface area (Å²) in [4.78, 5) is 2.61. The topological polar surface area (TPSA) is 38.5 Å². The molecule has 2 rings (SSSR count). The van der Waals surface area contributed by atoms with Crippen LogP contribution in [0.5, 0.6) is 0 Å². The Morgan fingerprint density at radius 3 is 2.94 bits per heavy atom. The monoisotopic (exact) mass is 226 g/mol. The molecule has 3 nitrogen and oxygen atoms in total. The van der Waals surface area contributed by atoms with Crippen molar-refractivity contribution in [3.8, 4) is 0 Å². The van der Waals surface area contributed by atoms with Crippen molar-refractivity contribution in [2.75, 3.05) is 32.8 Å². The van der Waals surface area contributed by atoms with Gasteiger partial charge < -0.3 is 15.4 Å². The fourth-order valence-corrected chi connectivity index (χ4v) is 3.00. The minimum absolute atomic E-state index is 0.572. The first-order valence-electron chi connectivity index (χ1n) is 6.92. The van der Waals surface area contributed by atoms with Crippen LogP contribution in [0.3, 0.4) is 0 Å². The van der Waals surface area contributed by atoms with Crippen molar-refractivity contribution in [2.24, 2.45) is 11.7 Å². The summed E-state index contributed by atoms with van der Waals surface area (Å²) in [7, 11) is 0. The Kier molecular flexibility index (Phi) is 5.07. The molecular weight excluding hydrogens is 200 g/mol. The van der Waals surface area contributed by atoms with Crippen molar-refractivity contribution < 1.29 is 4.74 Å². The minimum Gasteiger partial charge on any atom is -0.378 e. The lowest BCUT2D eigenvalue weighted by molar-refractivity contribution is 0.0995. The smallest absolute Gasteiger partial charge is 0.0576 e. The van der Waals surface area contributed by atoms with Gasteiger partial charge in [0.15, 0.2) is 0 Å². The summed E-state index contributed by atoms with van der Waals surface area (Å²) in [5.74, 6) is 0.868. The van der Waals surface area contributed by atoms with Gasteiger partial charge in [-0.05, 0) is 64.1 Å². The van der Waals surface area contributed by atoms with E-state index in [2.05, 4.69) is 4.90 Å². The van der Waals surface area contributed by atoms with Crippen molar-refractivity contribution in [3.63, 3.8) is 0 Å². The van der Waals surface area contributed by atoms with Crippen LogP contribution in [-0.4, -0.2) is 43.8 Å². The summed E-state index contributed by atoms with van der Waals surface area (Å²) < 4.78 is 5.64. The molecule has 2 fully saturated rings. The third kappa shape index (κ3) is 3.72. The first-order chi connectivity index (χ1) is 7.88. The van der Waals surface area contributed by atoms with Crippen LogP contribution in [0.25, 0.3) is 0 Å². The molecule has 2 N–H and O–H groups in total. The summed E-state index contributed by atoms with van der Waals surface area (Å²) in [6, 6.07) is 0. The Morgan fingerprint density at radius 2 is 2.19 bits per heavy atom. The predicted molar refractivity (Wildman–Crippen MR) is 66.4 cm³/mol. The molecule has 0 radical (unpaired) electrons. The maximum atomic E-state index is 5.64. The van der Waals surface area contributed by atoms with Gasteiger partial charge in [-0.3, -0.25) is 0 Å². The highest BCUT2D eigenvalue weighted by Crippen LogP contribution is 2.21. The zero-order valence-electron chi connectivity index (χ0n) is 10.4. The molecule has 0 aromatic rings. The van der Waals surface area contributed by atoms with Gasteiger partial charge in [-0.25, -0.2) is 0 Å². The Hall–Kier alpha value is -0.120. The van der Waals surface area contributed by atoms with Crippen LogP contribution in [0.4, 0.5) is 0 Å². The van der Waals surface area contributed by atoms with E-state index < -0.39 is 0 Å².